The molecule has 1 aliphatic heterocycles. The summed E-state index contributed by atoms with van der Waals surface area (Å²) < 4.78 is 5.33. The van der Waals surface area contributed by atoms with E-state index in [0.29, 0.717) is 0 Å². The van der Waals surface area contributed by atoms with Crippen molar-refractivity contribution in [3.8, 4) is 5.75 Å². The third-order valence-electron chi connectivity index (χ3n) is 3.61. The summed E-state index contributed by atoms with van der Waals surface area (Å²) >= 11 is 5.96. The lowest BCUT2D eigenvalue weighted by molar-refractivity contribution is 0.412. The molecular weight excluding hydrogens is 258 g/mol. The van der Waals surface area contributed by atoms with Gasteiger partial charge < -0.3 is 10.1 Å². The number of fused-ring (bicyclic) bond motifs is 1. The Kier molecular flexibility index (Phi) is 3.45. The summed E-state index contributed by atoms with van der Waals surface area (Å²) in [5.41, 5.74) is 3.92. The summed E-state index contributed by atoms with van der Waals surface area (Å²) in [5, 5.41) is 4.33. The van der Waals surface area contributed by atoms with Crippen molar-refractivity contribution in [3.05, 3.63) is 64.2 Å². The van der Waals surface area contributed by atoms with Crippen LogP contribution in [0, 0.1) is 0 Å². The van der Waals surface area contributed by atoms with Crippen LogP contribution in [-0.4, -0.2) is 13.7 Å². The van der Waals surface area contributed by atoms with Crippen molar-refractivity contribution >= 4 is 11.6 Å². The zero-order valence-electron chi connectivity index (χ0n) is 10.8. The Bertz CT molecular complexity index is 580. The monoisotopic (exact) mass is 273 g/mol. The Morgan fingerprint density at radius 2 is 1.95 bits per heavy atom. The van der Waals surface area contributed by atoms with Crippen molar-refractivity contribution in [2.45, 2.75) is 12.5 Å². The Hall–Kier alpha value is -1.51. The van der Waals surface area contributed by atoms with Crippen LogP contribution in [0.2, 0.25) is 5.02 Å². The molecule has 1 atom stereocenters. The van der Waals surface area contributed by atoms with Gasteiger partial charge in [-0.1, -0.05) is 29.8 Å². The number of nitrogens with one attached hydrogen (secondary N) is 1. The van der Waals surface area contributed by atoms with E-state index in [2.05, 4.69) is 29.6 Å². The summed E-state index contributed by atoms with van der Waals surface area (Å²) in [6.45, 7) is 0.993. The standard InChI is InChI=1S/C16H16ClNO/c1-19-14-7-4-11-8-9-18-16(15(11)10-14)12-2-5-13(17)6-3-12/h2-7,10,16,18H,8-9H2,1H3. The van der Waals surface area contributed by atoms with E-state index in [1.165, 1.54) is 16.7 Å². The Morgan fingerprint density at radius 1 is 1.16 bits per heavy atom. The smallest absolute Gasteiger partial charge is 0.119 e. The maximum absolute atomic E-state index is 5.96. The van der Waals surface area contributed by atoms with E-state index in [1.807, 2.05) is 18.2 Å². The Balaban J connectivity index is 2.03. The van der Waals surface area contributed by atoms with Gasteiger partial charge in [0.25, 0.3) is 0 Å². The average Bonchev–Trinajstić information content (AvgIpc) is 2.47. The molecule has 98 valence electrons. The number of rotatable bonds is 2. The molecule has 1 unspecified atom stereocenters. The molecule has 2 aromatic carbocycles. The largest absolute Gasteiger partial charge is 0.497 e. The van der Waals surface area contributed by atoms with Gasteiger partial charge in [-0.05, 0) is 47.4 Å². The average molecular weight is 274 g/mol. The normalized spacial score (nSPS) is 17.9. The maximum Gasteiger partial charge on any atom is 0.119 e. The van der Waals surface area contributed by atoms with Gasteiger partial charge in [0.2, 0.25) is 0 Å². The van der Waals surface area contributed by atoms with Crippen molar-refractivity contribution in [2.24, 2.45) is 0 Å². The fourth-order valence-corrected chi connectivity index (χ4v) is 2.74. The van der Waals surface area contributed by atoms with Crippen LogP contribution in [0.15, 0.2) is 42.5 Å². The number of hydrogen-bond donors (Lipinski definition) is 1. The van der Waals surface area contributed by atoms with Crippen molar-refractivity contribution in [1.82, 2.24) is 5.32 Å². The molecule has 1 heterocycles. The third-order valence-corrected chi connectivity index (χ3v) is 3.86. The van der Waals surface area contributed by atoms with Crippen LogP contribution in [-0.2, 0) is 6.42 Å². The number of benzene rings is 2. The van der Waals surface area contributed by atoms with Gasteiger partial charge in [0.05, 0.1) is 13.2 Å². The highest BCUT2D eigenvalue weighted by Crippen LogP contribution is 2.31. The molecule has 1 N–H and O–H groups in total. The molecule has 0 aromatic heterocycles. The van der Waals surface area contributed by atoms with Crippen LogP contribution in [0.3, 0.4) is 0 Å². The molecule has 3 heteroatoms. The van der Waals surface area contributed by atoms with Crippen LogP contribution in [0.1, 0.15) is 22.7 Å². The van der Waals surface area contributed by atoms with Crippen molar-refractivity contribution in [1.29, 1.82) is 0 Å². The molecule has 0 fully saturated rings. The summed E-state index contributed by atoms with van der Waals surface area (Å²) in [6, 6.07) is 14.6. The minimum atomic E-state index is 0.219. The first kappa shape index (κ1) is 12.5. The minimum Gasteiger partial charge on any atom is -0.497 e. The first-order valence-corrected chi connectivity index (χ1v) is 6.81. The predicted octanol–water partition coefficient (Wildman–Crippen LogP) is 3.58. The molecule has 0 radical (unpaired) electrons. The van der Waals surface area contributed by atoms with E-state index >= 15 is 0 Å². The van der Waals surface area contributed by atoms with E-state index < -0.39 is 0 Å². The molecule has 0 saturated heterocycles. The molecule has 3 rings (SSSR count). The van der Waals surface area contributed by atoms with Crippen molar-refractivity contribution in [3.63, 3.8) is 0 Å². The minimum absolute atomic E-state index is 0.219. The molecular formula is C16H16ClNO. The highest BCUT2D eigenvalue weighted by atomic mass is 35.5. The summed E-state index contributed by atoms with van der Waals surface area (Å²) in [4.78, 5) is 0. The molecule has 0 amide bonds. The van der Waals surface area contributed by atoms with Crippen LogP contribution in [0.5, 0.6) is 5.75 Å². The molecule has 0 saturated carbocycles. The fourth-order valence-electron chi connectivity index (χ4n) is 2.61. The number of ether oxygens (including phenoxy) is 1. The van der Waals surface area contributed by atoms with E-state index in [0.717, 1.165) is 23.7 Å². The van der Waals surface area contributed by atoms with E-state index in [-0.39, 0.29) is 6.04 Å². The van der Waals surface area contributed by atoms with E-state index in [9.17, 15) is 0 Å². The SMILES string of the molecule is COc1ccc2c(c1)C(c1ccc(Cl)cc1)NCC2. The Labute approximate surface area is 118 Å². The van der Waals surface area contributed by atoms with Crippen LogP contribution in [0.25, 0.3) is 0 Å². The lowest BCUT2D eigenvalue weighted by atomic mass is 9.90. The number of methoxy groups -OCH3 is 1. The number of hydrogen-bond acceptors (Lipinski definition) is 2. The molecule has 2 nitrogen and oxygen atoms in total. The first-order chi connectivity index (χ1) is 9.28. The van der Waals surface area contributed by atoms with Gasteiger partial charge in [-0.2, -0.15) is 0 Å². The quantitative estimate of drug-likeness (QED) is 0.903. The van der Waals surface area contributed by atoms with Gasteiger partial charge in [0, 0.05) is 11.6 Å². The highest BCUT2D eigenvalue weighted by molar-refractivity contribution is 6.30. The van der Waals surface area contributed by atoms with Crippen LogP contribution < -0.4 is 10.1 Å². The molecule has 1 aliphatic rings. The molecule has 0 spiro atoms. The second-order valence-electron chi connectivity index (χ2n) is 4.75. The molecule has 0 aliphatic carbocycles. The van der Waals surface area contributed by atoms with Crippen LogP contribution in [0.4, 0.5) is 0 Å². The van der Waals surface area contributed by atoms with Gasteiger partial charge in [0.1, 0.15) is 5.75 Å². The summed E-state index contributed by atoms with van der Waals surface area (Å²) in [7, 11) is 1.70. The van der Waals surface area contributed by atoms with Gasteiger partial charge in [-0.15, -0.1) is 0 Å². The van der Waals surface area contributed by atoms with Crippen LogP contribution >= 0.6 is 11.6 Å². The van der Waals surface area contributed by atoms with Gasteiger partial charge in [-0.25, -0.2) is 0 Å². The predicted molar refractivity (Wildman–Crippen MR) is 78.0 cm³/mol. The zero-order chi connectivity index (χ0) is 13.2. The lowest BCUT2D eigenvalue weighted by Gasteiger charge is -2.27. The van der Waals surface area contributed by atoms with Crippen molar-refractivity contribution in [2.75, 3.05) is 13.7 Å². The molecule has 0 bridgehead atoms. The van der Waals surface area contributed by atoms with Crippen molar-refractivity contribution < 1.29 is 4.74 Å². The van der Waals surface area contributed by atoms with Gasteiger partial charge in [0.15, 0.2) is 0 Å². The second kappa shape index (κ2) is 5.24. The first-order valence-electron chi connectivity index (χ1n) is 6.43. The van der Waals surface area contributed by atoms with E-state index in [1.54, 1.807) is 7.11 Å². The second-order valence-corrected chi connectivity index (χ2v) is 5.19. The Morgan fingerprint density at radius 3 is 2.68 bits per heavy atom. The molecule has 19 heavy (non-hydrogen) atoms. The lowest BCUT2D eigenvalue weighted by Crippen LogP contribution is -2.30. The summed E-state index contributed by atoms with van der Waals surface area (Å²) in [5.74, 6) is 0.904. The molecule has 2 aromatic rings. The van der Waals surface area contributed by atoms with Gasteiger partial charge in [-0.3, -0.25) is 0 Å². The summed E-state index contributed by atoms with van der Waals surface area (Å²) in [6.07, 6.45) is 1.06. The maximum atomic E-state index is 5.96. The number of halogens is 1. The third kappa shape index (κ3) is 2.46. The zero-order valence-corrected chi connectivity index (χ0v) is 11.6. The van der Waals surface area contributed by atoms with Gasteiger partial charge >= 0.3 is 0 Å². The highest BCUT2D eigenvalue weighted by Gasteiger charge is 2.21. The van der Waals surface area contributed by atoms with E-state index in [4.69, 9.17) is 16.3 Å². The topological polar surface area (TPSA) is 21.3 Å². The fraction of sp³-hybridized carbons (Fsp3) is 0.250.